The van der Waals surface area contributed by atoms with Gasteiger partial charge < -0.3 is 4.90 Å². The Hall–Kier alpha value is -0.860. The van der Waals surface area contributed by atoms with Crippen molar-refractivity contribution in [1.82, 2.24) is 4.90 Å². The van der Waals surface area contributed by atoms with Crippen molar-refractivity contribution >= 4 is 11.7 Å². The zero-order valence-electron chi connectivity index (χ0n) is 12.0. The van der Waals surface area contributed by atoms with E-state index in [1.165, 1.54) is 0 Å². The van der Waals surface area contributed by atoms with Crippen molar-refractivity contribution in [1.29, 1.82) is 0 Å². The van der Waals surface area contributed by atoms with E-state index in [0.29, 0.717) is 18.6 Å². The van der Waals surface area contributed by atoms with Crippen molar-refractivity contribution in [3.8, 4) is 0 Å². The molecule has 100 valence electrons. The monoisotopic (exact) mass is 241 g/mol. The van der Waals surface area contributed by atoms with E-state index in [1.54, 1.807) is 19.0 Å². The molecule has 1 amide bonds. The summed E-state index contributed by atoms with van der Waals surface area (Å²) in [5.41, 5.74) is -0.207. The SMILES string of the molecule is CN(C)C(=O)CCCCCCC(=O)C(C)(C)C. The number of rotatable bonds is 7. The van der Waals surface area contributed by atoms with Gasteiger partial charge in [-0.05, 0) is 12.8 Å². The Bertz CT molecular complexity index is 251. The summed E-state index contributed by atoms with van der Waals surface area (Å²) < 4.78 is 0. The molecule has 0 rings (SSSR count). The highest BCUT2D eigenvalue weighted by atomic mass is 16.2. The molecule has 0 saturated heterocycles. The van der Waals surface area contributed by atoms with Gasteiger partial charge in [-0.3, -0.25) is 9.59 Å². The second kappa shape index (κ2) is 7.46. The molecular formula is C14H27NO2. The highest BCUT2D eigenvalue weighted by Gasteiger charge is 2.19. The largest absolute Gasteiger partial charge is 0.349 e. The first-order valence-corrected chi connectivity index (χ1v) is 6.48. The van der Waals surface area contributed by atoms with Crippen LogP contribution < -0.4 is 0 Å². The van der Waals surface area contributed by atoms with Crippen LogP contribution in [0.15, 0.2) is 0 Å². The Morgan fingerprint density at radius 1 is 0.882 bits per heavy atom. The highest BCUT2D eigenvalue weighted by molar-refractivity contribution is 5.83. The summed E-state index contributed by atoms with van der Waals surface area (Å²) in [5, 5.41) is 0. The predicted molar refractivity (Wildman–Crippen MR) is 70.9 cm³/mol. The van der Waals surface area contributed by atoms with Crippen molar-refractivity contribution in [2.45, 2.75) is 59.3 Å². The molecule has 0 radical (unpaired) electrons. The molecule has 0 aromatic heterocycles. The van der Waals surface area contributed by atoms with Crippen LogP contribution in [0.1, 0.15) is 59.3 Å². The summed E-state index contributed by atoms with van der Waals surface area (Å²) in [6.45, 7) is 5.89. The fourth-order valence-electron chi connectivity index (χ4n) is 1.51. The fourth-order valence-corrected chi connectivity index (χ4v) is 1.51. The van der Waals surface area contributed by atoms with Crippen LogP contribution in [0.25, 0.3) is 0 Å². The summed E-state index contributed by atoms with van der Waals surface area (Å²) in [6, 6.07) is 0. The molecular weight excluding hydrogens is 214 g/mol. The predicted octanol–water partition coefficient (Wildman–Crippen LogP) is 3.03. The van der Waals surface area contributed by atoms with Crippen LogP contribution in [0.2, 0.25) is 0 Å². The van der Waals surface area contributed by atoms with Crippen molar-refractivity contribution in [3.05, 3.63) is 0 Å². The molecule has 0 aliphatic carbocycles. The average Bonchev–Trinajstić information content (AvgIpc) is 2.20. The lowest BCUT2D eigenvalue weighted by molar-refractivity contribution is -0.129. The topological polar surface area (TPSA) is 37.4 Å². The lowest BCUT2D eigenvalue weighted by Crippen LogP contribution is -2.21. The minimum absolute atomic E-state index is 0.191. The third kappa shape index (κ3) is 7.94. The molecule has 0 heterocycles. The van der Waals surface area contributed by atoms with Crippen molar-refractivity contribution < 1.29 is 9.59 Å². The molecule has 0 spiro atoms. The smallest absolute Gasteiger partial charge is 0.222 e. The molecule has 0 aliphatic heterocycles. The van der Waals surface area contributed by atoms with E-state index in [4.69, 9.17) is 0 Å². The maximum atomic E-state index is 11.6. The fraction of sp³-hybridized carbons (Fsp3) is 0.857. The average molecular weight is 241 g/mol. The molecule has 0 bridgehead atoms. The van der Waals surface area contributed by atoms with Gasteiger partial charge in [-0.25, -0.2) is 0 Å². The quantitative estimate of drug-likeness (QED) is 0.642. The summed E-state index contributed by atoms with van der Waals surface area (Å²) in [4.78, 5) is 24.5. The number of amides is 1. The summed E-state index contributed by atoms with van der Waals surface area (Å²) in [6.07, 6.45) is 5.26. The van der Waals surface area contributed by atoms with Gasteiger partial charge in [-0.1, -0.05) is 33.6 Å². The van der Waals surface area contributed by atoms with E-state index >= 15 is 0 Å². The number of unbranched alkanes of at least 4 members (excludes halogenated alkanes) is 3. The minimum Gasteiger partial charge on any atom is -0.349 e. The van der Waals surface area contributed by atoms with Gasteiger partial charge >= 0.3 is 0 Å². The van der Waals surface area contributed by atoms with E-state index in [9.17, 15) is 9.59 Å². The van der Waals surface area contributed by atoms with Gasteiger partial charge in [-0.2, -0.15) is 0 Å². The van der Waals surface area contributed by atoms with E-state index in [-0.39, 0.29) is 11.3 Å². The van der Waals surface area contributed by atoms with Gasteiger partial charge in [0.2, 0.25) is 5.91 Å². The molecule has 0 aromatic carbocycles. The van der Waals surface area contributed by atoms with Crippen LogP contribution in [-0.2, 0) is 9.59 Å². The zero-order valence-corrected chi connectivity index (χ0v) is 12.0. The highest BCUT2D eigenvalue weighted by Crippen LogP contribution is 2.18. The van der Waals surface area contributed by atoms with E-state index in [0.717, 1.165) is 25.7 Å². The van der Waals surface area contributed by atoms with Crippen LogP contribution in [0, 0.1) is 5.41 Å². The molecule has 17 heavy (non-hydrogen) atoms. The van der Waals surface area contributed by atoms with Gasteiger partial charge in [0.15, 0.2) is 0 Å². The van der Waals surface area contributed by atoms with Gasteiger partial charge in [0.25, 0.3) is 0 Å². The Morgan fingerprint density at radius 3 is 1.76 bits per heavy atom. The number of carbonyl (C=O) groups excluding carboxylic acids is 2. The Balaban J connectivity index is 3.48. The number of ketones is 1. The third-order valence-electron chi connectivity index (χ3n) is 2.88. The second-order valence-electron chi connectivity index (χ2n) is 5.88. The number of carbonyl (C=O) groups is 2. The van der Waals surface area contributed by atoms with Crippen LogP contribution >= 0.6 is 0 Å². The van der Waals surface area contributed by atoms with E-state index in [1.807, 2.05) is 20.8 Å². The van der Waals surface area contributed by atoms with Crippen molar-refractivity contribution in [2.24, 2.45) is 5.41 Å². The molecule has 3 heteroatoms. The Kier molecular flexibility index (Phi) is 7.09. The van der Waals surface area contributed by atoms with Crippen LogP contribution in [-0.4, -0.2) is 30.7 Å². The molecule has 0 atom stereocenters. The summed E-state index contributed by atoms with van der Waals surface area (Å²) in [7, 11) is 3.56. The first kappa shape index (κ1) is 16.1. The maximum Gasteiger partial charge on any atom is 0.222 e. The van der Waals surface area contributed by atoms with Crippen LogP contribution in [0.4, 0.5) is 0 Å². The number of hydrogen-bond donors (Lipinski definition) is 0. The minimum atomic E-state index is -0.207. The van der Waals surface area contributed by atoms with Gasteiger partial charge in [0, 0.05) is 32.4 Å². The number of nitrogens with zero attached hydrogens (tertiary/aromatic N) is 1. The number of hydrogen-bond acceptors (Lipinski definition) is 2. The Morgan fingerprint density at radius 2 is 1.35 bits per heavy atom. The molecule has 3 nitrogen and oxygen atoms in total. The van der Waals surface area contributed by atoms with Gasteiger partial charge in [0.05, 0.1) is 0 Å². The zero-order chi connectivity index (χ0) is 13.5. The van der Waals surface area contributed by atoms with E-state index < -0.39 is 0 Å². The lowest BCUT2D eigenvalue weighted by atomic mass is 9.88. The molecule has 0 fully saturated rings. The molecule has 0 unspecified atom stereocenters. The lowest BCUT2D eigenvalue weighted by Gasteiger charge is -2.16. The van der Waals surface area contributed by atoms with Gasteiger partial charge in [0.1, 0.15) is 5.78 Å². The maximum absolute atomic E-state index is 11.6. The van der Waals surface area contributed by atoms with E-state index in [2.05, 4.69) is 0 Å². The first-order valence-electron chi connectivity index (χ1n) is 6.48. The first-order chi connectivity index (χ1) is 7.75. The van der Waals surface area contributed by atoms with Crippen LogP contribution in [0.3, 0.4) is 0 Å². The molecule has 0 N–H and O–H groups in total. The molecule has 0 saturated carbocycles. The Labute approximate surface area is 106 Å². The molecule has 0 aliphatic rings. The second-order valence-corrected chi connectivity index (χ2v) is 5.88. The number of Topliss-reactive ketones (excluding diaryl/α,β-unsaturated/α-hetero) is 1. The van der Waals surface area contributed by atoms with Crippen LogP contribution in [0.5, 0.6) is 0 Å². The van der Waals surface area contributed by atoms with Crippen molar-refractivity contribution in [3.63, 3.8) is 0 Å². The standard InChI is InChI=1S/C14H27NO2/c1-14(2,3)12(16)10-8-6-7-9-11-13(17)15(4)5/h6-11H2,1-5H3. The van der Waals surface area contributed by atoms with Crippen molar-refractivity contribution in [2.75, 3.05) is 14.1 Å². The normalized spacial score (nSPS) is 11.4. The third-order valence-corrected chi connectivity index (χ3v) is 2.88. The molecule has 0 aromatic rings. The summed E-state index contributed by atoms with van der Waals surface area (Å²) in [5.74, 6) is 0.526. The van der Waals surface area contributed by atoms with Gasteiger partial charge in [-0.15, -0.1) is 0 Å². The summed E-state index contributed by atoms with van der Waals surface area (Å²) >= 11 is 0.